The largest absolute Gasteiger partial charge is 0.481 e. The van der Waals surface area contributed by atoms with Crippen LogP contribution >= 0.6 is 0 Å². The van der Waals surface area contributed by atoms with Gasteiger partial charge in [0.05, 0.1) is 0 Å². The van der Waals surface area contributed by atoms with Gasteiger partial charge in [-0.15, -0.1) is 0 Å². The Hall–Kier alpha value is -2.37. The topological polar surface area (TPSA) is 84.5 Å². The van der Waals surface area contributed by atoms with Gasteiger partial charge in [0.1, 0.15) is 11.8 Å². The molecule has 0 aliphatic rings. The zero-order valence-electron chi connectivity index (χ0n) is 14.0. The van der Waals surface area contributed by atoms with E-state index in [9.17, 15) is 14.4 Å². The molecule has 0 aromatic heterocycles. The molecule has 2 N–H and O–H groups in total. The summed E-state index contributed by atoms with van der Waals surface area (Å²) in [5.74, 6) is -0.263. The van der Waals surface area contributed by atoms with Crippen molar-refractivity contribution in [3.63, 3.8) is 0 Å². The molecule has 0 spiro atoms. The molecule has 23 heavy (non-hydrogen) atoms. The van der Waals surface area contributed by atoms with Crippen molar-refractivity contribution in [1.29, 1.82) is 0 Å². The van der Waals surface area contributed by atoms with Crippen LogP contribution < -0.4 is 15.4 Å². The summed E-state index contributed by atoms with van der Waals surface area (Å²) in [6.45, 7) is 7.20. The van der Waals surface area contributed by atoms with Crippen LogP contribution in [-0.4, -0.2) is 36.3 Å². The lowest BCUT2D eigenvalue weighted by Crippen LogP contribution is -2.48. The van der Waals surface area contributed by atoms with Crippen LogP contribution in [0.3, 0.4) is 0 Å². The van der Waals surface area contributed by atoms with Gasteiger partial charge in [-0.3, -0.25) is 14.4 Å². The number of hydrogen-bond acceptors (Lipinski definition) is 4. The summed E-state index contributed by atoms with van der Waals surface area (Å²) in [5, 5.41) is 5.32. The zero-order valence-corrected chi connectivity index (χ0v) is 14.0. The maximum absolute atomic E-state index is 12.1. The van der Waals surface area contributed by atoms with Crippen molar-refractivity contribution in [3.8, 4) is 5.75 Å². The van der Waals surface area contributed by atoms with E-state index in [-0.39, 0.29) is 11.7 Å². The van der Waals surface area contributed by atoms with E-state index in [4.69, 9.17) is 4.74 Å². The molecule has 0 saturated carbocycles. The maximum Gasteiger partial charge on any atom is 0.261 e. The van der Waals surface area contributed by atoms with Gasteiger partial charge in [-0.2, -0.15) is 0 Å². The number of hydrogen-bond donors (Lipinski definition) is 2. The monoisotopic (exact) mass is 320 g/mol. The minimum Gasteiger partial charge on any atom is -0.481 e. The van der Waals surface area contributed by atoms with Crippen LogP contribution in [0.1, 0.15) is 44.5 Å². The van der Waals surface area contributed by atoms with Gasteiger partial charge in [0.25, 0.3) is 5.91 Å². The Labute approximate surface area is 136 Å². The molecule has 6 heteroatoms. The molecule has 6 nitrogen and oxygen atoms in total. The predicted molar refractivity (Wildman–Crippen MR) is 87.4 cm³/mol. The Morgan fingerprint density at radius 3 is 2.48 bits per heavy atom. The predicted octanol–water partition coefficient (Wildman–Crippen LogP) is 1.69. The fraction of sp³-hybridized carbons (Fsp3) is 0.471. The van der Waals surface area contributed by atoms with Gasteiger partial charge < -0.3 is 15.4 Å². The standard InChI is InChI=1S/C17H24N2O4/c1-5-9-18-16(21)11(2)19-17(22)13(4)23-15-8-6-7-14(10-15)12(3)20/h6-8,10-11,13H,5,9H2,1-4H3,(H,18,21)(H,19,22)/t11-,13-/m0/s1. The summed E-state index contributed by atoms with van der Waals surface area (Å²) >= 11 is 0. The van der Waals surface area contributed by atoms with E-state index < -0.39 is 18.1 Å². The second-order valence-electron chi connectivity index (χ2n) is 5.37. The summed E-state index contributed by atoms with van der Waals surface area (Å²) in [6.07, 6.45) is 0.0527. The first kappa shape index (κ1) is 18.7. The lowest BCUT2D eigenvalue weighted by Gasteiger charge is -2.18. The molecular weight excluding hydrogens is 296 g/mol. The Bertz CT molecular complexity index is 571. The van der Waals surface area contributed by atoms with Crippen LogP contribution in [-0.2, 0) is 9.59 Å². The molecule has 0 radical (unpaired) electrons. The third kappa shape index (κ3) is 6.10. The van der Waals surface area contributed by atoms with Gasteiger partial charge in [-0.1, -0.05) is 19.1 Å². The molecule has 2 atom stereocenters. The fourth-order valence-corrected chi connectivity index (χ4v) is 1.84. The highest BCUT2D eigenvalue weighted by molar-refractivity contribution is 5.94. The number of Topliss-reactive ketones (excluding diaryl/α,β-unsaturated/α-hetero) is 1. The van der Waals surface area contributed by atoms with E-state index in [1.807, 2.05) is 6.92 Å². The van der Waals surface area contributed by atoms with Gasteiger partial charge in [-0.05, 0) is 39.3 Å². The van der Waals surface area contributed by atoms with E-state index in [1.165, 1.54) is 6.92 Å². The van der Waals surface area contributed by atoms with E-state index in [2.05, 4.69) is 10.6 Å². The van der Waals surface area contributed by atoms with Gasteiger partial charge >= 0.3 is 0 Å². The number of carbonyl (C=O) groups excluding carboxylic acids is 3. The van der Waals surface area contributed by atoms with Crippen molar-refractivity contribution in [2.45, 2.75) is 46.3 Å². The molecular formula is C17H24N2O4. The molecule has 0 heterocycles. The van der Waals surface area contributed by atoms with Crippen molar-refractivity contribution >= 4 is 17.6 Å². The Morgan fingerprint density at radius 1 is 1.17 bits per heavy atom. The van der Waals surface area contributed by atoms with Crippen LogP contribution in [0.15, 0.2) is 24.3 Å². The molecule has 0 unspecified atom stereocenters. The second-order valence-corrected chi connectivity index (χ2v) is 5.37. The first-order valence-electron chi connectivity index (χ1n) is 7.70. The van der Waals surface area contributed by atoms with Gasteiger partial charge in [0, 0.05) is 12.1 Å². The van der Waals surface area contributed by atoms with Crippen molar-refractivity contribution in [1.82, 2.24) is 10.6 Å². The highest BCUT2D eigenvalue weighted by Gasteiger charge is 2.20. The maximum atomic E-state index is 12.1. The molecule has 1 aromatic rings. The van der Waals surface area contributed by atoms with E-state index >= 15 is 0 Å². The average molecular weight is 320 g/mol. The number of nitrogens with one attached hydrogen (secondary N) is 2. The number of rotatable bonds is 8. The zero-order chi connectivity index (χ0) is 17.4. The lowest BCUT2D eigenvalue weighted by atomic mass is 10.1. The van der Waals surface area contributed by atoms with E-state index in [0.29, 0.717) is 17.9 Å². The van der Waals surface area contributed by atoms with Crippen LogP contribution in [0.2, 0.25) is 0 Å². The number of ketones is 1. The first-order chi connectivity index (χ1) is 10.8. The van der Waals surface area contributed by atoms with Crippen molar-refractivity contribution in [2.75, 3.05) is 6.54 Å². The molecule has 0 aliphatic carbocycles. The Balaban J connectivity index is 2.58. The Morgan fingerprint density at radius 2 is 1.87 bits per heavy atom. The first-order valence-corrected chi connectivity index (χ1v) is 7.70. The van der Waals surface area contributed by atoms with Gasteiger partial charge in [0.2, 0.25) is 5.91 Å². The molecule has 0 aliphatic heterocycles. The molecule has 0 saturated heterocycles. The van der Waals surface area contributed by atoms with E-state index in [1.54, 1.807) is 38.1 Å². The molecule has 126 valence electrons. The Kier molecular flexibility index (Phi) is 7.25. The third-order valence-corrected chi connectivity index (χ3v) is 3.22. The molecule has 1 rings (SSSR count). The highest BCUT2D eigenvalue weighted by atomic mass is 16.5. The van der Waals surface area contributed by atoms with Crippen molar-refractivity contribution < 1.29 is 19.1 Å². The summed E-state index contributed by atoms with van der Waals surface area (Å²) in [5.41, 5.74) is 0.516. The number of ether oxygens (including phenoxy) is 1. The van der Waals surface area contributed by atoms with Gasteiger partial charge in [0.15, 0.2) is 11.9 Å². The summed E-state index contributed by atoms with van der Waals surface area (Å²) < 4.78 is 5.53. The quantitative estimate of drug-likeness (QED) is 0.714. The third-order valence-electron chi connectivity index (χ3n) is 3.22. The molecule has 0 fully saturated rings. The number of benzene rings is 1. The highest BCUT2D eigenvalue weighted by Crippen LogP contribution is 2.15. The minimum absolute atomic E-state index is 0.0752. The molecule has 1 aromatic carbocycles. The second kappa shape index (κ2) is 8.92. The fourth-order valence-electron chi connectivity index (χ4n) is 1.84. The van der Waals surface area contributed by atoms with Crippen LogP contribution in [0.5, 0.6) is 5.75 Å². The lowest BCUT2D eigenvalue weighted by molar-refractivity contribution is -0.132. The van der Waals surface area contributed by atoms with E-state index in [0.717, 1.165) is 6.42 Å². The smallest absolute Gasteiger partial charge is 0.261 e. The number of amides is 2. The van der Waals surface area contributed by atoms with Crippen LogP contribution in [0.25, 0.3) is 0 Å². The average Bonchev–Trinajstić information content (AvgIpc) is 2.52. The molecule has 2 amide bonds. The summed E-state index contributed by atoms with van der Waals surface area (Å²) in [4.78, 5) is 35.2. The molecule has 0 bridgehead atoms. The van der Waals surface area contributed by atoms with Crippen molar-refractivity contribution in [3.05, 3.63) is 29.8 Å². The van der Waals surface area contributed by atoms with Crippen LogP contribution in [0, 0.1) is 0 Å². The summed E-state index contributed by atoms with van der Waals surface area (Å²) in [6, 6.07) is 6.00. The number of carbonyl (C=O) groups is 3. The SMILES string of the molecule is CCCNC(=O)[C@H](C)NC(=O)[C@H](C)Oc1cccc(C(C)=O)c1. The summed E-state index contributed by atoms with van der Waals surface area (Å²) in [7, 11) is 0. The van der Waals surface area contributed by atoms with Crippen molar-refractivity contribution in [2.24, 2.45) is 0 Å². The normalized spacial score (nSPS) is 12.9. The van der Waals surface area contributed by atoms with Gasteiger partial charge in [-0.25, -0.2) is 0 Å². The minimum atomic E-state index is -0.779. The van der Waals surface area contributed by atoms with Crippen LogP contribution in [0.4, 0.5) is 0 Å².